The lowest BCUT2D eigenvalue weighted by Gasteiger charge is -2.31. The SMILES string of the molecule is C[C@@H](c1nc2ccccc2s1)N(C)C(=O)[C@H]1COc2ccccc2O1. The molecule has 2 aromatic carbocycles. The standard InChI is InChI=1S/C19H18N2O3S/c1-12(18-20-13-7-3-6-10-17(13)25-18)21(2)19(22)16-11-23-14-8-4-5-9-15(14)24-16/h3-10,12,16H,11H2,1-2H3/t12-,16+/m0/s1. The van der Waals surface area contributed by atoms with Gasteiger partial charge < -0.3 is 14.4 Å². The van der Waals surface area contributed by atoms with Gasteiger partial charge in [0.1, 0.15) is 11.6 Å². The van der Waals surface area contributed by atoms with Crippen molar-refractivity contribution >= 4 is 27.5 Å². The largest absolute Gasteiger partial charge is 0.485 e. The van der Waals surface area contributed by atoms with Crippen molar-refractivity contribution in [3.8, 4) is 11.5 Å². The van der Waals surface area contributed by atoms with Gasteiger partial charge in [-0.1, -0.05) is 24.3 Å². The molecule has 0 radical (unpaired) electrons. The third-order valence-corrected chi connectivity index (χ3v) is 5.59. The lowest BCUT2D eigenvalue weighted by molar-refractivity contribution is -0.141. The summed E-state index contributed by atoms with van der Waals surface area (Å²) in [5, 5.41) is 0.911. The first-order valence-electron chi connectivity index (χ1n) is 8.14. The number of likely N-dealkylation sites (N-methyl/N-ethyl adjacent to an activating group) is 1. The fourth-order valence-corrected chi connectivity index (χ4v) is 3.86. The predicted molar refractivity (Wildman–Crippen MR) is 97.2 cm³/mol. The highest BCUT2D eigenvalue weighted by molar-refractivity contribution is 7.18. The molecule has 1 aromatic heterocycles. The third kappa shape index (κ3) is 2.93. The monoisotopic (exact) mass is 354 g/mol. The van der Waals surface area contributed by atoms with Crippen molar-refractivity contribution in [2.75, 3.05) is 13.7 Å². The van der Waals surface area contributed by atoms with Gasteiger partial charge in [-0.25, -0.2) is 4.98 Å². The summed E-state index contributed by atoms with van der Waals surface area (Å²) < 4.78 is 12.6. The maximum atomic E-state index is 12.8. The van der Waals surface area contributed by atoms with Gasteiger partial charge in [0.25, 0.3) is 5.91 Å². The molecule has 0 saturated carbocycles. The summed E-state index contributed by atoms with van der Waals surface area (Å²) in [5.74, 6) is 1.17. The summed E-state index contributed by atoms with van der Waals surface area (Å²) in [6.07, 6.45) is -0.642. The lowest BCUT2D eigenvalue weighted by Crippen LogP contribution is -2.45. The molecule has 1 aliphatic rings. The van der Waals surface area contributed by atoms with Crippen LogP contribution in [0.15, 0.2) is 48.5 Å². The number of ether oxygens (including phenoxy) is 2. The van der Waals surface area contributed by atoms with Crippen LogP contribution in [-0.2, 0) is 4.79 Å². The molecule has 2 heterocycles. The average molecular weight is 354 g/mol. The van der Waals surface area contributed by atoms with E-state index in [0.29, 0.717) is 11.5 Å². The fourth-order valence-electron chi connectivity index (χ4n) is 2.79. The third-order valence-electron chi connectivity index (χ3n) is 4.38. The van der Waals surface area contributed by atoms with Gasteiger partial charge in [0.2, 0.25) is 6.10 Å². The maximum absolute atomic E-state index is 12.8. The molecule has 1 amide bonds. The first-order valence-corrected chi connectivity index (χ1v) is 8.96. The van der Waals surface area contributed by atoms with E-state index in [1.165, 1.54) is 0 Å². The van der Waals surface area contributed by atoms with Crippen LogP contribution in [0.3, 0.4) is 0 Å². The molecule has 0 aliphatic carbocycles. The predicted octanol–water partition coefficient (Wildman–Crippen LogP) is 3.66. The number of fused-ring (bicyclic) bond motifs is 2. The second kappa shape index (κ2) is 6.37. The molecule has 2 atom stereocenters. The molecule has 0 unspecified atom stereocenters. The molecule has 0 bridgehead atoms. The van der Waals surface area contributed by atoms with Gasteiger partial charge in [-0.2, -0.15) is 0 Å². The van der Waals surface area contributed by atoms with Gasteiger partial charge in [0.05, 0.1) is 16.3 Å². The van der Waals surface area contributed by atoms with Gasteiger partial charge in [-0.15, -0.1) is 11.3 Å². The Bertz CT molecular complexity index is 891. The number of hydrogen-bond acceptors (Lipinski definition) is 5. The molecule has 0 saturated heterocycles. The van der Waals surface area contributed by atoms with Crippen LogP contribution >= 0.6 is 11.3 Å². The molecule has 4 rings (SSSR count). The minimum absolute atomic E-state index is 0.110. The fraction of sp³-hybridized carbons (Fsp3) is 0.263. The van der Waals surface area contributed by atoms with E-state index in [-0.39, 0.29) is 18.6 Å². The number of thiazole rings is 1. The van der Waals surface area contributed by atoms with Gasteiger partial charge in [0.15, 0.2) is 11.5 Å². The molecule has 25 heavy (non-hydrogen) atoms. The number of aromatic nitrogens is 1. The van der Waals surface area contributed by atoms with Crippen molar-refractivity contribution in [1.29, 1.82) is 0 Å². The number of nitrogens with zero attached hydrogens (tertiary/aromatic N) is 2. The molecular weight excluding hydrogens is 336 g/mol. The van der Waals surface area contributed by atoms with Crippen LogP contribution in [0.2, 0.25) is 0 Å². The topological polar surface area (TPSA) is 51.7 Å². The van der Waals surface area contributed by atoms with Crippen LogP contribution in [0.4, 0.5) is 0 Å². The average Bonchev–Trinajstić information content (AvgIpc) is 3.10. The summed E-state index contributed by atoms with van der Waals surface area (Å²) in [7, 11) is 1.78. The Morgan fingerprint density at radius 2 is 1.92 bits per heavy atom. The van der Waals surface area contributed by atoms with Crippen molar-refractivity contribution in [3.05, 3.63) is 53.5 Å². The second-order valence-electron chi connectivity index (χ2n) is 6.01. The molecular formula is C19H18N2O3S. The molecule has 0 N–H and O–H groups in total. The van der Waals surface area contributed by atoms with Crippen molar-refractivity contribution in [2.24, 2.45) is 0 Å². The summed E-state index contributed by atoms with van der Waals surface area (Å²) in [4.78, 5) is 19.2. The smallest absolute Gasteiger partial charge is 0.267 e. The Hall–Kier alpha value is -2.60. The highest BCUT2D eigenvalue weighted by atomic mass is 32.1. The van der Waals surface area contributed by atoms with Crippen LogP contribution in [0.25, 0.3) is 10.2 Å². The van der Waals surface area contributed by atoms with Crippen LogP contribution in [0.1, 0.15) is 18.0 Å². The van der Waals surface area contributed by atoms with E-state index >= 15 is 0 Å². The lowest BCUT2D eigenvalue weighted by atomic mass is 10.2. The molecule has 128 valence electrons. The highest BCUT2D eigenvalue weighted by Crippen LogP contribution is 2.33. The van der Waals surface area contributed by atoms with E-state index in [0.717, 1.165) is 15.2 Å². The van der Waals surface area contributed by atoms with E-state index in [1.807, 2.05) is 55.5 Å². The van der Waals surface area contributed by atoms with Gasteiger partial charge >= 0.3 is 0 Å². The van der Waals surface area contributed by atoms with E-state index in [2.05, 4.69) is 4.98 Å². The zero-order chi connectivity index (χ0) is 17.4. The van der Waals surface area contributed by atoms with Gasteiger partial charge in [-0.3, -0.25) is 4.79 Å². The van der Waals surface area contributed by atoms with Gasteiger partial charge in [-0.05, 0) is 31.2 Å². The van der Waals surface area contributed by atoms with Crippen LogP contribution in [0.5, 0.6) is 11.5 Å². The Morgan fingerprint density at radius 1 is 1.20 bits per heavy atom. The first kappa shape index (κ1) is 15.9. The number of amides is 1. The van der Waals surface area contributed by atoms with Crippen molar-refractivity contribution in [1.82, 2.24) is 9.88 Å². The van der Waals surface area contributed by atoms with E-state index in [4.69, 9.17) is 9.47 Å². The van der Waals surface area contributed by atoms with Gasteiger partial charge in [0, 0.05) is 7.05 Å². The van der Waals surface area contributed by atoms with Crippen molar-refractivity contribution in [2.45, 2.75) is 19.1 Å². The Balaban J connectivity index is 1.52. The number of carbonyl (C=O) groups excluding carboxylic acids is 1. The van der Waals surface area contributed by atoms with Crippen LogP contribution in [0, 0.1) is 0 Å². The summed E-state index contributed by atoms with van der Waals surface area (Å²) in [6, 6.07) is 15.2. The number of carbonyl (C=O) groups is 1. The van der Waals surface area contributed by atoms with E-state index in [1.54, 1.807) is 23.3 Å². The Labute approximate surface area is 149 Å². The zero-order valence-corrected chi connectivity index (χ0v) is 14.8. The molecule has 6 heteroatoms. The summed E-state index contributed by atoms with van der Waals surface area (Å²) >= 11 is 1.61. The second-order valence-corrected chi connectivity index (χ2v) is 7.07. The Kier molecular flexibility index (Phi) is 4.05. The number of benzene rings is 2. The Morgan fingerprint density at radius 3 is 2.72 bits per heavy atom. The molecule has 0 fully saturated rings. The van der Waals surface area contributed by atoms with Crippen LogP contribution in [-0.4, -0.2) is 35.5 Å². The molecule has 0 spiro atoms. The minimum Gasteiger partial charge on any atom is -0.485 e. The number of para-hydroxylation sites is 3. The first-order chi connectivity index (χ1) is 12.1. The normalized spacial score (nSPS) is 17.3. The highest BCUT2D eigenvalue weighted by Gasteiger charge is 2.32. The van der Waals surface area contributed by atoms with Crippen molar-refractivity contribution < 1.29 is 14.3 Å². The van der Waals surface area contributed by atoms with Crippen molar-refractivity contribution in [3.63, 3.8) is 0 Å². The minimum atomic E-state index is -0.642. The zero-order valence-electron chi connectivity index (χ0n) is 14.0. The summed E-state index contributed by atoms with van der Waals surface area (Å²) in [6.45, 7) is 2.19. The summed E-state index contributed by atoms with van der Waals surface area (Å²) in [5.41, 5.74) is 0.960. The molecule has 1 aliphatic heterocycles. The molecule has 3 aromatic rings. The quantitative estimate of drug-likeness (QED) is 0.720. The number of rotatable bonds is 3. The van der Waals surface area contributed by atoms with E-state index in [9.17, 15) is 4.79 Å². The van der Waals surface area contributed by atoms with E-state index < -0.39 is 6.10 Å². The van der Waals surface area contributed by atoms with Crippen LogP contribution < -0.4 is 9.47 Å². The maximum Gasteiger partial charge on any atom is 0.267 e. The molecule has 5 nitrogen and oxygen atoms in total. The number of hydrogen-bond donors (Lipinski definition) is 0.